The fourth-order valence-electron chi connectivity index (χ4n) is 5.04. The van der Waals surface area contributed by atoms with Crippen molar-refractivity contribution in [3.05, 3.63) is 75.9 Å². The Kier molecular flexibility index (Phi) is 8.83. The number of carbonyl (C=O) groups is 3. The first-order valence-corrected chi connectivity index (χ1v) is 14.6. The van der Waals surface area contributed by atoms with Gasteiger partial charge in [0, 0.05) is 48.9 Å². The Morgan fingerprint density at radius 1 is 1.07 bits per heavy atom. The molecule has 1 aliphatic rings. The van der Waals surface area contributed by atoms with Gasteiger partial charge in [-0.15, -0.1) is 11.3 Å². The van der Waals surface area contributed by atoms with Gasteiger partial charge in [-0.25, -0.2) is 9.97 Å². The molecule has 2 aromatic heterocycles. The van der Waals surface area contributed by atoms with Crippen molar-refractivity contribution in [1.29, 1.82) is 0 Å². The zero-order valence-electron chi connectivity index (χ0n) is 23.8. The fraction of sp³-hybridized carbons (Fsp3) is 0.300. The highest BCUT2D eigenvalue weighted by molar-refractivity contribution is 7.18. The maximum absolute atomic E-state index is 14.1. The lowest BCUT2D eigenvalue weighted by Crippen LogP contribution is -2.37. The van der Waals surface area contributed by atoms with Crippen LogP contribution in [0.3, 0.4) is 0 Å². The molecule has 4 N–H and O–H groups in total. The van der Waals surface area contributed by atoms with Gasteiger partial charge in [-0.05, 0) is 55.2 Å². The number of nitrogens with two attached hydrogens (primary N) is 1. The van der Waals surface area contributed by atoms with Crippen LogP contribution in [0.25, 0.3) is 10.2 Å². The number of thiophene rings is 1. The zero-order chi connectivity index (χ0) is 31.6. The first-order valence-electron chi connectivity index (χ1n) is 13.7. The zero-order valence-corrected chi connectivity index (χ0v) is 24.6. The van der Waals surface area contributed by atoms with E-state index in [1.807, 2.05) is 4.90 Å². The predicted molar refractivity (Wildman–Crippen MR) is 160 cm³/mol. The van der Waals surface area contributed by atoms with E-state index < -0.39 is 23.6 Å². The lowest BCUT2D eigenvalue weighted by molar-refractivity contribution is -0.148. The number of nitrogens with zero attached hydrogens (tertiary/aromatic N) is 3. The third kappa shape index (κ3) is 6.97. The monoisotopic (exact) mass is 626 g/mol. The van der Waals surface area contributed by atoms with E-state index in [1.165, 1.54) is 42.8 Å². The quantitative estimate of drug-likeness (QED) is 0.224. The predicted octanol–water partition coefficient (Wildman–Crippen LogP) is 5.63. The van der Waals surface area contributed by atoms with E-state index in [9.17, 15) is 27.6 Å². The van der Waals surface area contributed by atoms with Crippen LogP contribution in [-0.4, -0.2) is 51.8 Å². The van der Waals surface area contributed by atoms with Crippen LogP contribution in [0.5, 0.6) is 0 Å². The number of hydrogen-bond donors (Lipinski definition) is 3. The summed E-state index contributed by atoms with van der Waals surface area (Å²) in [6, 6.07) is 8.32. The summed E-state index contributed by atoms with van der Waals surface area (Å²) in [5, 5.41) is 7.05. The van der Waals surface area contributed by atoms with Crippen LogP contribution < -0.4 is 16.4 Å². The average molecular weight is 627 g/mol. The van der Waals surface area contributed by atoms with E-state index in [0.717, 1.165) is 6.07 Å². The van der Waals surface area contributed by atoms with E-state index in [4.69, 9.17) is 10.5 Å². The Morgan fingerprint density at radius 3 is 2.52 bits per heavy atom. The molecule has 14 heteroatoms. The number of nitrogen functional groups attached to an aromatic ring is 1. The molecule has 4 aromatic rings. The second kappa shape index (κ2) is 12.6. The number of benzene rings is 2. The second-order valence-electron chi connectivity index (χ2n) is 10.5. The molecular weight excluding hydrogens is 597 g/mol. The van der Waals surface area contributed by atoms with Crippen LogP contribution in [0.4, 0.5) is 30.4 Å². The second-order valence-corrected chi connectivity index (χ2v) is 11.4. The van der Waals surface area contributed by atoms with E-state index >= 15 is 0 Å². The lowest BCUT2D eigenvalue weighted by atomic mass is 10.0. The molecule has 230 valence electrons. The van der Waals surface area contributed by atoms with Crippen molar-refractivity contribution in [3.63, 3.8) is 0 Å². The molecule has 3 heterocycles. The van der Waals surface area contributed by atoms with Crippen molar-refractivity contribution >= 4 is 56.5 Å². The first-order chi connectivity index (χ1) is 20.9. The van der Waals surface area contributed by atoms with Gasteiger partial charge in [0.15, 0.2) is 0 Å². The number of fused-ring (bicyclic) bond motifs is 1. The first kappa shape index (κ1) is 30.9. The molecule has 0 aliphatic carbocycles. The molecule has 0 bridgehead atoms. The number of carbonyl (C=O) groups excluding carboxylic acids is 3. The van der Waals surface area contributed by atoms with Crippen LogP contribution in [0.2, 0.25) is 0 Å². The van der Waals surface area contributed by atoms with Crippen molar-refractivity contribution in [2.45, 2.75) is 45.5 Å². The number of piperidine rings is 1. The van der Waals surface area contributed by atoms with Crippen molar-refractivity contribution in [3.8, 4) is 0 Å². The molecule has 5 rings (SSSR count). The maximum Gasteiger partial charge on any atom is 0.416 e. The normalized spacial score (nSPS) is 14.4. The van der Waals surface area contributed by atoms with Crippen LogP contribution >= 0.6 is 11.3 Å². The highest BCUT2D eigenvalue weighted by Crippen LogP contribution is 2.34. The topological polar surface area (TPSA) is 140 Å². The molecular formula is C30H29F3N6O4S. The number of halogens is 3. The van der Waals surface area contributed by atoms with Gasteiger partial charge in [-0.3, -0.25) is 19.3 Å². The summed E-state index contributed by atoms with van der Waals surface area (Å²) in [7, 11) is 0. The summed E-state index contributed by atoms with van der Waals surface area (Å²) in [5.74, 6) is -1.29. The number of rotatable bonds is 7. The number of ether oxygens (including phenoxy) is 1. The smallest absolute Gasteiger partial charge is 0.416 e. The van der Waals surface area contributed by atoms with E-state index in [0.29, 0.717) is 53.0 Å². The number of alkyl halides is 3. The fourth-order valence-corrected chi connectivity index (χ4v) is 5.94. The molecule has 2 amide bonds. The van der Waals surface area contributed by atoms with Crippen molar-refractivity contribution in [2.24, 2.45) is 0 Å². The minimum atomic E-state index is -4.68. The van der Waals surface area contributed by atoms with Gasteiger partial charge in [0.25, 0.3) is 11.8 Å². The summed E-state index contributed by atoms with van der Waals surface area (Å²) >= 11 is 1.24. The van der Waals surface area contributed by atoms with Gasteiger partial charge in [0.05, 0.1) is 21.3 Å². The van der Waals surface area contributed by atoms with Crippen molar-refractivity contribution < 1.29 is 32.3 Å². The number of aryl methyl sites for hydroxylation is 1. The third-order valence-electron chi connectivity index (χ3n) is 7.31. The Hall–Kier alpha value is -4.56. The Labute approximate surface area is 254 Å². The Bertz CT molecular complexity index is 1730. The maximum atomic E-state index is 14.1. The van der Waals surface area contributed by atoms with Gasteiger partial charge in [-0.1, -0.05) is 12.1 Å². The molecule has 0 spiro atoms. The van der Waals surface area contributed by atoms with E-state index in [-0.39, 0.29) is 41.3 Å². The van der Waals surface area contributed by atoms with Crippen molar-refractivity contribution in [1.82, 2.24) is 14.9 Å². The van der Waals surface area contributed by atoms with Crippen molar-refractivity contribution in [2.75, 3.05) is 29.5 Å². The Balaban J connectivity index is 1.29. The molecule has 0 saturated carbocycles. The minimum absolute atomic E-state index is 0.0442. The number of anilines is 3. The summed E-state index contributed by atoms with van der Waals surface area (Å²) < 4.78 is 48.0. The van der Waals surface area contributed by atoms with Crippen LogP contribution in [0, 0.1) is 6.92 Å². The largest absolute Gasteiger partial charge is 0.462 e. The van der Waals surface area contributed by atoms with Gasteiger partial charge < -0.3 is 21.1 Å². The molecule has 1 aliphatic heterocycles. The number of likely N-dealkylation sites (tertiary alicyclic amines) is 1. The van der Waals surface area contributed by atoms with Gasteiger partial charge >= 0.3 is 12.1 Å². The standard InChI is InChI=1S/C30H29F3N6O4S/c1-16-3-6-20(12-24(16)38-29(42)22-14-44-26-25(22)35-15-36-27(26)34)37-28(41)18-4-5-19(23(11-18)30(31,32)33)13-39-9-7-21(8-10-39)43-17(2)40/h3-6,11-12,14-15,21H,7-10,13H2,1-2H3,(H,37,41)(H,38,42)(H2,34,35,36). The number of amides is 2. The summed E-state index contributed by atoms with van der Waals surface area (Å²) in [4.78, 5) is 47.3. The van der Waals surface area contributed by atoms with Gasteiger partial charge in [0.2, 0.25) is 0 Å². The molecule has 0 unspecified atom stereocenters. The van der Waals surface area contributed by atoms with E-state index in [2.05, 4.69) is 20.6 Å². The summed E-state index contributed by atoms with van der Waals surface area (Å²) in [5.41, 5.74) is 6.97. The highest BCUT2D eigenvalue weighted by Gasteiger charge is 2.35. The molecule has 1 saturated heterocycles. The van der Waals surface area contributed by atoms with Gasteiger partial charge in [-0.2, -0.15) is 13.2 Å². The van der Waals surface area contributed by atoms with Crippen LogP contribution in [-0.2, 0) is 22.3 Å². The molecule has 0 atom stereocenters. The number of esters is 1. The Morgan fingerprint density at radius 2 is 1.82 bits per heavy atom. The van der Waals surface area contributed by atoms with Gasteiger partial charge in [0.1, 0.15) is 18.2 Å². The highest BCUT2D eigenvalue weighted by atomic mass is 32.1. The lowest BCUT2D eigenvalue weighted by Gasteiger charge is -2.32. The third-order valence-corrected chi connectivity index (χ3v) is 8.30. The minimum Gasteiger partial charge on any atom is -0.462 e. The van der Waals surface area contributed by atoms with Crippen LogP contribution in [0.15, 0.2) is 48.1 Å². The van der Waals surface area contributed by atoms with Crippen LogP contribution in [0.1, 0.15) is 57.2 Å². The van der Waals surface area contributed by atoms with E-state index in [1.54, 1.807) is 24.4 Å². The molecule has 0 radical (unpaired) electrons. The molecule has 1 fully saturated rings. The number of hydrogen-bond acceptors (Lipinski definition) is 9. The SMILES string of the molecule is CC(=O)OC1CCN(Cc2ccc(C(=O)Nc3ccc(C)c(NC(=O)c4csc5c(N)ncnc45)c3)cc2C(F)(F)F)CC1. The number of nitrogens with one attached hydrogen (secondary N) is 2. The summed E-state index contributed by atoms with van der Waals surface area (Å²) in [6.07, 6.45) is -2.57. The molecule has 2 aromatic carbocycles. The molecule has 44 heavy (non-hydrogen) atoms. The molecule has 10 nitrogen and oxygen atoms in total. The average Bonchev–Trinajstić information content (AvgIpc) is 3.41. The number of aromatic nitrogens is 2. The summed E-state index contributed by atoms with van der Waals surface area (Å²) in [6.45, 7) is 4.10.